The first-order valence-corrected chi connectivity index (χ1v) is 9.06. The molecule has 1 atom stereocenters. The Morgan fingerprint density at radius 3 is 2.90 bits per heavy atom. The zero-order valence-corrected chi connectivity index (χ0v) is 14.0. The van der Waals surface area contributed by atoms with Crippen molar-refractivity contribution in [3.05, 3.63) is 35.7 Å². The maximum atomic E-state index is 5.74. The first-order valence-electron chi connectivity index (χ1n) is 7.20. The summed E-state index contributed by atoms with van der Waals surface area (Å²) in [5, 5.41) is 10.1. The van der Waals surface area contributed by atoms with Gasteiger partial charge in [0.25, 0.3) is 0 Å². The van der Waals surface area contributed by atoms with E-state index in [0.717, 1.165) is 23.2 Å². The lowest BCUT2D eigenvalue weighted by molar-refractivity contribution is 0.526. The first-order chi connectivity index (χ1) is 10.2. The summed E-state index contributed by atoms with van der Waals surface area (Å²) in [6.07, 6.45) is 1.15. The lowest BCUT2D eigenvalue weighted by atomic mass is 10.1. The van der Waals surface area contributed by atoms with Crippen LogP contribution < -0.4 is 5.73 Å². The Morgan fingerprint density at radius 2 is 2.19 bits per heavy atom. The highest BCUT2D eigenvalue weighted by atomic mass is 32.2. The Kier molecular flexibility index (Phi) is 4.57. The molecular weight excluding hydrogens is 300 g/mol. The molecule has 6 heteroatoms. The van der Waals surface area contributed by atoms with Gasteiger partial charge in [-0.15, -0.1) is 22.0 Å². The van der Waals surface area contributed by atoms with Crippen LogP contribution in [0.25, 0.3) is 0 Å². The molecule has 0 saturated carbocycles. The third-order valence-corrected chi connectivity index (χ3v) is 6.18. The molecular formula is C15H20N4S2. The molecule has 1 aromatic carbocycles. The summed E-state index contributed by atoms with van der Waals surface area (Å²) < 4.78 is 2.15. The molecule has 2 aromatic rings. The zero-order chi connectivity index (χ0) is 14.8. The van der Waals surface area contributed by atoms with Crippen LogP contribution in [0.4, 0.5) is 0 Å². The molecule has 1 aromatic heterocycles. The van der Waals surface area contributed by atoms with Crippen molar-refractivity contribution in [1.29, 1.82) is 0 Å². The summed E-state index contributed by atoms with van der Waals surface area (Å²) in [5.41, 5.74) is 7.21. The fourth-order valence-corrected chi connectivity index (χ4v) is 5.14. The Morgan fingerprint density at radius 1 is 1.38 bits per heavy atom. The van der Waals surface area contributed by atoms with Gasteiger partial charge in [0.2, 0.25) is 0 Å². The van der Waals surface area contributed by atoms with E-state index in [9.17, 15) is 0 Å². The van der Waals surface area contributed by atoms with Gasteiger partial charge in [-0.3, -0.25) is 0 Å². The van der Waals surface area contributed by atoms with E-state index in [1.807, 2.05) is 11.8 Å². The second kappa shape index (κ2) is 6.42. The van der Waals surface area contributed by atoms with Gasteiger partial charge in [-0.1, -0.05) is 30.0 Å². The summed E-state index contributed by atoms with van der Waals surface area (Å²) in [6.45, 7) is 4.73. The number of benzene rings is 1. The molecule has 0 amide bonds. The van der Waals surface area contributed by atoms with Crippen LogP contribution in [-0.2, 0) is 13.0 Å². The van der Waals surface area contributed by atoms with Crippen LogP contribution in [-0.4, -0.2) is 25.8 Å². The number of hydrogen-bond acceptors (Lipinski definition) is 5. The highest BCUT2D eigenvalue weighted by Gasteiger charge is 2.23. The quantitative estimate of drug-likeness (QED) is 0.858. The highest BCUT2D eigenvalue weighted by Crippen LogP contribution is 2.39. The van der Waals surface area contributed by atoms with Crippen LogP contribution in [0.15, 0.2) is 34.3 Å². The van der Waals surface area contributed by atoms with E-state index in [1.165, 1.54) is 10.5 Å². The maximum Gasteiger partial charge on any atom is 0.191 e. The number of fused-ring (bicyclic) bond motifs is 1. The molecule has 0 spiro atoms. The number of aromatic nitrogens is 3. The topological polar surface area (TPSA) is 56.7 Å². The minimum absolute atomic E-state index is 0.342. The Balaban J connectivity index is 1.66. The van der Waals surface area contributed by atoms with Crippen molar-refractivity contribution in [2.75, 3.05) is 5.75 Å². The molecule has 0 saturated heterocycles. The van der Waals surface area contributed by atoms with Crippen molar-refractivity contribution in [2.45, 2.75) is 48.2 Å². The minimum Gasteiger partial charge on any atom is -0.324 e. The number of hydrogen-bond donors (Lipinski definition) is 1. The smallest absolute Gasteiger partial charge is 0.191 e. The van der Waals surface area contributed by atoms with Crippen LogP contribution in [0.5, 0.6) is 0 Å². The predicted molar refractivity (Wildman–Crippen MR) is 88.8 cm³/mol. The fourth-order valence-electron chi connectivity index (χ4n) is 2.58. The standard InChI is InChI=1S/C15H20N4S2/c1-10(2)19-14(8-16)17-18-15(19)20-9-12-7-11-5-3-4-6-13(11)21-12/h3-6,10,12H,7-9,16H2,1-2H3. The molecule has 4 nitrogen and oxygen atoms in total. The van der Waals surface area contributed by atoms with Crippen molar-refractivity contribution >= 4 is 23.5 Å². The van der Waals surface area contributed by atoms with Gasteiger partial charge in [0, 0.05) is 21.9 Å². The van der Waals surface area contributed by atoms with E-state index < -0.39 is 0 Å². The fraction of sp³-hybridized carbons (Fsp3) is 0.467. The second-order valence-corrected chi connectivity index (χ2v) is 7.76. The largest absolute Gasteiger partial charge is 0.324 e. The second-order valence-electron chi connectivity index (χ2n) is 5.43. The Bertz CT molecular complexity index is 599. The molecule has 0 bridgehead atoms. The minimum atomic E-state index is 0.342. The van der Waals surface area contributed by atoms with Crippen LogP contribution in [0, 0.1) is 0 Å². The van der Waals surface area contributed by atoms with Gasteiger partial charge in [-0.2, -0.15) is 0 Å². The summed E-state index contributed by atoms with van der Waals surface area (Å²) in [4.78, 5) is 1.43. The van der Waals surface area contributed by atoms with Crippen molar-refractivity contribution in [1.82, 2.24) is 14.8 Å². The summed E-state index contributed by atoms with van der Waals surface area (Å²) in [7, 11) is 0. The molecule has 2 heterocycles. The molecule has 2 N–H and O–H groups in total. The maximum absolute atomic E-state index is 5.74. The molecule has 0 fully saturated rings. The molecule has 1 aliphatic rings. The molecule has 1 unspecified atom stereocenters. The van der Waals surface area contributed by atoms with Crippen LogP contribution in [0.3, 0.4) is 0 Å². The number of nitrogens with zero attached hydrogens (tertiary/aromatic N) is 3. The lowest BCUT2D eigenvalue weighted by Gasteiger charge is -2.14. The summed E-state index contributed by atoms with van der Waals surface area (Å²) in [5.74, 6) is 1.92. The third-order valence-electron chi connectivity index (χ3n) is 3.55. The van der Waals surface area contributed by atoms with E-state index in [4.69, 9.17) is 5.73 Å². The Labute approximate surface area is 133 Å². The van der Waals surface area contributed by atoms with Gasteiger partial charge < -0.3 is 10.3 Å². The molecule has 21 heavy (non-hydrogen) atoms. The SMILES string of the molecule is CC(C)n1c(CN)nnc1SCC1Cc2ccccc2S1. The predicted octanol–water partition coefficient (Wildman–Crippen LogP) is 3.13. The van der Waals surface area contributed by atoms with Gasteiger partial charge in [-0.25, -0.2) is 0 Å². The first kappa shape index (κ1) is 14.9. The average molecular weight is 320 g/mol. The number of nitrogens with two attached hydrogens (primary N) is 1. The van der Waals surface area contributed by atoms with Gasteiger partial charge in [0.05, 0.1) is 6.54 Å². The monoisotopic (exact) mass is 320 g/mol. The van der Waals surface area contributed by atoms with Gasteiger partial charge in [-0.05, 0) is 31.9 Å². The number of rotatable bonds is 5. The van der Waals surface area contributed by atoms with Crippen LogP contribution >= 0.6 is 23.5 Å². The lowest BCUT2D eigenvalue weighted by Crippen LogP contribution is -2.12. The molecule has 1 aliphatic heterocycles. The van der Waals surface area contributed by atoms with E-state index in [0.29, 0.717) is 17.8 Å². The van der Waals surface area contributed by atoms with Gasteiger partial charge >= 0.3 is 0 Å². The van der Waals surface area contributed by atoms with Crippen molar-refractivity contribution < 1.29 is 0 Å². The number of thioether (sulfide) groups is 2. The van der Waals surface area contributed by atoms with E-state index in [2.05, 4.69) is 52.9 Å². The molecule has 112 valence electrons. The van der Waals surface area contributed by atoms with Crippen molar-refractivity contribution in [3.63, 3.8) is 0 Å². The summed E-state index contributed by atoms with van der Waals surface area (Å²) >= 11 is 3.77. The van der Waals surface area contributed by atoms with E-state index in [-0.39, 0.29) is 0 Å². The zero-order valence-electron chi connectivity index (χ0n) is 12.3. The van der Waals surface area contributed by atoms with E-state index >= 15 is 0 Å². The average Bonchev–Trinajstić information content (AvgIpc) is 3.07. The van der Waals surface area contributed by atoms with E-state index in [1.54, 1.807) is 11.8 Å². The molecule has 3 rings (SSSR count). The van der Waals surface area contributed by atoms with Gasteiger partial charge in [0.15, 0.2) is 5.16 Å². The molecule has 0 radical (unpaired) electrons. The van der Waals surface area contributed by atoms with Crippen LogP contribution in [0.2, 0.25) is 0 Å². The third kappa shape index (κ3) is 3.12. The summed E-state index contributed by atoms with van der Waals surface area (Å²) in [6, 6.07) is 9.03. The molecule has 0 aliphatic carbocycles. The highest BCUT2D eigenvalue weighted by molar-refractivity contribution is 8.03. The normalized spacial score (nSPS) is 17.4. The van der Waals surface area contributed by atoms with Crippen LogP contribution in [0.1, 0.15) is 31.3 Å². The van der Waals surface area contributed by atoms with Crippen molar-refractivity contribution in [3.8, 4) is 0 Å². The van der Waals surface area contributed by atoms with Gasteiger partial charge in [0.1, 0.15) is 5.82 Å². The Hall–Kier alpha value is -0.980. The van der Waals surface area contributed by atoms with Crippen molar-refractivity contribution in [2.24, 2.45) is 5.73 Å².